The number of aromatic nitrogens is 2. The van der Waals surface area contributed by atoms with Crippen LogP contribution in [0.4, 0.5) is 28.8 Å². The molecule has 27 heavy (non-hydrogen) atoms. The van der Waals surface area contributed by atoms with Gasteiger partial charge >= 0.3 is 0 Å². The maximum Gasteiger partial charge on any atom is 0.229 e. The Morgan fingerprint density at radius 3 is 2.52 bits per heavy atom. The number of para-hydroxylation sites is 3. The number of nitrogens with one attached hydrogen (secondary N) is 1. The maximum absolute atomic E-state index is 5.47. The van der Waals surface area contributed by atoms with E-state index in [1.165, 1.54) is 0 Å². The first-order valence-electron chi connectivity index (χ1n) is 9.12. The van der Waals surface area contributed by atoms with Gasteiger partial charge in [-0.3, -0.25) is 0 Å². The molecule has 1 aliphatic heterocycles. The lowest BCUT2D eigenvalue weighted by atomic mass is 10.2. The third kappa shape index (κ3) is 4.01. The highest BCUT2D eigenvalue weighted by molar-refractivity contribution is 5.74. The molecular formula is C21H23N5O. The van der Waals surface area contributed by atoms with Crippen LogP contribution < -0.4 is 15.1 Å². The predicted molar refractivity (Wildman–Crippen MR) is 109 cm³/mol. The van der Waals surface area contributed by atoms with Gasteiger partial charge in [-0.15, -0.1) is 0 Å². The third-order valence-corrected chi connectivity index (χ3v) is 4.63. The molecule has 6 heteroatoms. The summed E-state index contributed by atoms with van der Waals surface area (Å²) in [5.41, 5.74) is 3.22. The highest BCUT2D eigenvalue weighted by Gasteiger charge is 2.15. The molecule has 1 N–H and O–H groups in total. The highest BCUT2D eigenvalue weighted by Crippen LogP contribution is 2.29. The molecule has 1 aliphatic rings. The van der Waals surface area contributed by atoms with Gasteiger partial charge in [0.15, 0.2) is 0 Å². The molecule has 6 nitrogen and oxygen atoms in total. The minimum Gasteiger partial charge on any atom is -0.378 e. The van der Waals surface area contributed by atoms with E-state index in [1.54, 1.807) is 6.20 Å². The second-order valence-electron chi connectivity index (χ2n) is 6.37. The van der Waals surface area contributed by atoms with E-state index in [9.17, 15) is 0 Å². The van der Waals surface area contributed by atoms with Gasteiger partial charge in [-0.2, -0.15) is 4.98 Å². The lowest BCUT2D eigenvalue weighted by Crippen LogP contribution is -2.36. The van der Waals surface area contributed by atoms with Gasteiger partial charge in [-0.05, 0) is 30.3 Å². The van der Waals surface area contributed by atoms with Crippen molar-refractivity contribution in [2.75, 3.05) is 48.5 Å². The van der Waals surface area contributed by atoms with Crippen LogP contribution in [-0.4, -0.2) is 43.3 Å². The molecule has 0 unspecified atom stereocenters. The molecule has 0 bridgehead atoms. The largest absolute Gasteiger partial charge is 0.378 e. The van der Waals surface area contributed by atoms with E-state index in [2.05, 4.69) is 45.5 Å². The minimum atomic E-state index is 0.580. The van der Waals surface area contributed by atoms with Crippen LogP contribution in [0.1, 0.15) is 0 Å². The van der Waals surface area contributed by atoms with Crippen molar-refractivity contribution in [2.45, 2.75) is 0 Å². The van der Waals surface area contributed by atoms with Crippen LogP contribution in [0.2, 0.25) is 0 Å². The lowest BCUT2D eigenvalue weighted by Gasteiger charge is -2.30. The van der Waals surface area contributed by atoms with Crippen LogP contribution in [0.25, 0.3) is 0 Å². The molecule has 0 spiro atoms. The van der Waals surface area contributed by atoms with Crippen LogP contribution >= 0.6 is 0 Å². The van der Waals surface area contributed by atoms with E-state index in [0.717, 1.165) is 49.2 Å². The topological polar surface area (TPSA) is 53.5 Å². The number of hydrogen-bond donors (Lipinski definition) is 1. The van der Waals surface area contributed by atoms with Gasteiger partial charge in [0.2, 0.25) is 5.95 Å². The molecule has 0 radical (unpaired) electrons. The smallest absolute Gasteiger partial charge is 0.229 e. The Bertz CT molecular complexity index is 881. The van der Waals surface area contributed by atoms with Crippen molar-refractivity contribution in [1.29, 1.82) is 0 Å². The minimum absolute atomic E-state index is 0.580. The summed E-state index contributed by atoms with van der Waals surface area (Å²) in [5, 5.41) is 3.39. The molecule has 1 saturated heterocycles. The molecule has 2 heterocycles. The average molecular weight is 361 g/mol. The SMILES string of the molecule is CN(c1ccccc1)c1ccnc(Nc2ccccc2N2CCOCC2)n1. The van der Waals surface area contributed by atoms with Gasteiger partial charge in [0.05, 0.1) is 24.6 Å². The fourth-order valence-corrected chi connectivity index (χ4v) is 3.16. The van der Waals surface area contributed by atoms with Crippen molar-refractivity contribution < 1.29 is 4.74 Å². The van der Waals surface area contributed by atoms with Gasteiger partial charge < -0.3 is 19.9 Å². The van der Waals surface area contributed by atoms with Crippen molar-refractivity contribution in [3.05, 3.63) is 66.9 Å². The molecular weight excluding hydrogens is 338 g/mol. The lowest BCUT2D eigenvalue weighted by molar-refractivity contribution is 0.123. The van der Waals surface area contributed by atoms with E-state index in [4.69, 9.17) is 9.72 Å². The van der Waals surface area contributed by atoms with Gasteiger partial charge in [-0.25, -0.2) is 4.98 Å². The van der Waals surface area contributed by atoms with Gasteiger partial charge in [0.25, 0.3) is 0 Å². The predicted octanol–water partition coefficient (Wildman–Crippen LogP) is 3.82. The molecule has 2 aromatic carbocycles. The van der Waals surface area contributed by atoms with Gasteiger partial charge in [0, 0.05) is 32.0 Å². The van der Waals surface area contributed by atoms with E-state index >= 15 is 0 Å². The Kier molecular flexibility index (Phi) is 5.16. The Hall–Kier alpha value is -3.12. The molecule has 0 amide bonds. The third-order valence-electron chi connectivity index (χ3n) is 4.63. The zero-order valence-electron chi connectivity index (χ0n) is 15.4. The van der Waals surface area contributed by atoms with E-state index < -0.39 is 0 Å². The van der Waals surface area contributed by atoms with Crippen molar-refractivity contribution in [3.63, 3.8) is 0 Å². The van der Waals surface area contributed by atoms with E-state index in [0.29, 0.717) is 5.95 Å². The van der Waals surface area contributed by atoms with Crippen LogP contribution in [0, 0.1) is 0 Å². The van der Waals surface area contributed by atoms with Gasteiger partial charge in [0.1, 0.15) is 5.82 Å². The van der Waals surface area contributed by atoms with Crippen molar-refractivity contribution in [3.8, 4) is 0 Å². The first kappa shape index (κ1) is 17.3. The summed E-state index contributed by atoms with van der Waals surface area (Å²) in [6.45, 7) is 3.27. The Labute approximate surface area is 159 Å². The molecule has 0 aliphatic carbocycles. The fourth-order valence-electron chi connectivity index (χ4n) is 3.16. The first-order chi connectivity index (χ1) is 13.3. The monoisotopic (exact) mass is 361 g/mol. The molecule has 1 aromatic heterocycles. The molecule has 1 fully saturated rings. The maximum atomic E-state index is 5.47. The van der Waals surface area contributed by atoms with Crippen molar-refractivity contribution >= 4 is 28.8 Å². The summed E-state index contributed by atoms with van der Waals surface area (Å²) >= 11 is 0. The zero-order valence-corrected chi connectivity index (χ0v) is 15.4. The summed E-state index contributed by atoms with van der Waals surface area (Å²) in [6, 6.07) is 20.3. The Morgan fingerprint density at radius 1 is 0.963 bits per heavy atom. The summed E-state index contributed by atoms with van der Waals surface area (Å²) < 4.78 is 5.47. The molecule has 0 saturated carbocycles. The molecule has 0 atom stereocenters. The van der Waals surface area contributed by atoms with Crippen LogP contribution in [0.15, 0.2) is 66.9 Å². The normalized spacial score (nSPS) is 14.0. The second-order valence-corrected chi connectivity index (χ2v) is 6.37. The molecule has 138 valence electrons. The van der Waals surface area contributed by atoms with Crippen molar-refractivity contribution in [2.24, 2.45) is 0 Å². The highest BCUT2D eigenvalue weighted by atomic mass is 16.5. The van der Waals surface area contributed by atoms with Crippen LogP contribution in [-0.2, 0) is 4.74 Å². The zero-order chi connectivity index (χ0) is 18.5. The summed E-state index contributed by atoms with van der Waals surface area (Å²) in [4.78, 5) is 13.5. The second kappa shape index (κ2) is 8.05. The van der Waals surface area contributed by atoms with Crippen LogP contribution in [0.5, 0.6) is 0 Å². The number of benzene rings is 2. The van der Waals surface area contributed by atoms with Gasteiger partial charge in [-0.1, -0.05) is 30.3 Å². The van der Waals surface area contributed by atoms with Crippen LogP contribution in [0.3, 0.4) is 0 Å². The Balaban J connectivity index is 1.57. The fraction of sp³-hybridized carbons (Fsp3) is 0.238. The number of ether oxygens (including phenoxy) is 1. The molecule has 3 aromatic rings. The van der Waals surface area contributed by atoms with E-state index in [1.807, 2.05) is 42.3 Å². The average Bonchev–Trinajstić information content (AvgIpc) is 2.75. The number of hydrogen-bond acceptors (Lipinski definition) is 6. The summed E-state index contributed by atoms with van der Waals surface area (Å²) in [5.74, 6) is 1.42. The number of rotatable bonds is 5. The molecule has 4 rings (SSSR count). The first-order valence-corrected chi connectivity index (χ1v) is 9.12. The number of nitrogens with zero attached hydrogens (tertiary/aromatic N) is 4. The summed E-state index contributed by atoms with van der Waals surface area (Å²) in [7, 11) is 2.00. The number of anilines is 5. The van der Waals surface area contributed by atoms with Crippen molar-refractivity contribution in [1.82, 2.24) is 9.97 Å². The quantitative estimate of drug-likeness (QED) is 0.745. The Morgan fingerprint density at radius 2 is 1.70 bits per heavy atom. The van der Waals surface area contributed by atoms with E-state index in [-0.39, 0.29) is 0 Å². The standard InChI is InChI=1S/C21H23N5O/c1-25(17-7-3-2-4-8-17)20-11-12-22-21(24-20)23-18-9-5-6-10-19(18)26-13-15-27-16-14-26/h2-12H,13-16H2,1H3,(H,22,23,24). The summed E-state index contributed by atoms with van der Waals surface area (Å²) in [6.07, 6.45) is 1.78. The number of morpholine rings is 1.